The van der Waals surface area contributed by atoms with E-state index in [1.165, 1.54) is 30.7 Å². The van der Waals surface area contributed by atoms with Crippen LogP contribution in [0.25, 0.3) is 0 Å². The summed E-state index contributed by atoms with van der Waals surface area (Å²) in [4.78, 5) is 15.0. The molecule has 38 heavy (non-hydrogen) atoms. The van der Waals surface area contributed by atoms with Gasteiger partial charge in [-0.25, -0.2) is 12.7 Å². The van der Waals surface area contributed by atoms with E-state index in [1.54, 1.807) is 31.3 Å². The summed E-state index contributed by atoms with van der Waals surface area (Å²) in [5, 5.41) is 3.74. The number of nitrogens with zero attached hydrogens (tertiary/aromatic N) is 2. The molecule has 0 bridgehead atoms. The highest BCUT2D eigenvalue weighted by atomic mass is 35.5. The number of hydrogen-bond acceptors (Lipinski definition) is 6. The zero-order chi connectivity index (χ0) is 26.3. The van der Waals surface area contributed by atoms with Gasteiger partial charge in [0.1, 0.15) is 0 Å². The van der Waals surface area contributed by atoms with Crippen molar-refractivity contribution in [2.45, 2.75) is 55.5 Å². The number of halogens is 1. The summed E-state index contributed by atoms with van der Waals surface area (Å²) >= 11 is 0. The van der Waals surface area contributed by atoms with Crippen molar-refractivity contribution in [1.82, 2.24) is 14.5 Å². The van der Waals surface area contributed by atoms with Crippen molar-refractivity contribution in [2.75, 3.05) is 40.3 Å². The van der Waals surface area contributed by atoms with Crippen LogP contribution in [0.5, 0.6) is 0 Å². The first-order valence-corrected chi connectivity index (χ1v) is 14.9. The zero-order valence-electron chi connectivity index (χ0n) is 22.5. The third-order valence-corrected chi connectivity index (χ3v) is 9.92. The highest BCUT2D eigenvalue weighted by Gasteiger charge is 2.34. The number of methoxy groups -OCH3 is 1. The maximum atomic E-state index is 13.2. The summed E-state index contributed by atoms with van der Waals surface area (Å²) in [6.07, 6.45) is 6.34. The molecule has 2 fully saturated rings. The molecule has 210 valence electrons. The van der Waals surface area contributed by atoms with E-state index in [4.69, 9.17) is 4.74 Å². The van der Waals surface area contributed by atoms with Crippen LogP contribution in [-0.2, 0) is 19.6 Å². The molecule has 2 aromatic carbocycles. The Morgan fingerprint density at radius 2 is 1.74 bits per heavy atom. The SMILES string of the molecule is COC(=O)[C@H]1CCN(CCC(CN(C)S(=O)(=O)c2ccccc2)c2ccccc2)[C@@H](NCC2CCC2)C1.Cl. The third-order valence-electron chi connectivity index (χ3n) is 8.08. The molecule has 0 amide bonds. The number of likely N-dealkylation sites (tertiary alicyclic amines) is 1. The van der Waals surface area contributed by atoms with Gasteiger partial charge in [-0.05, 0) is 68.2 Å². The van der Waals surface area contributed by atoms with Crippen LogP contribution in [0.3, 0.4) is 0 Å². The van der Waals surface area contributed by atoms with E-state index in [0.29, 0.717) is 11.4 Å². The lowest BCUT2D eigenvalue weighted by Gasteiger charge is -2.41. The molecule has 1 aliphatic carbocycles. The molecule has 4 rings (SSSR count). The van der Waals surface area contributed by atoms with Crippen molar-refractivity contribution in [1.29, 1.82) is 0 Å². The van der Waals surface area contributed by atoms with Crippen molar-refractivity contribution in [3.05, 3.63) is 66.2 Å². The van der Waals surface area contributed by atoms with Gasteiger partial charge in [-0.15, -0.1) is 12.4 Å². The summed E-state index contributed by atoms with van der Waals surface area (Å²) in [6, 6.07) is 18.8. The van der Waals surface area contributed by atoms with E-state index in [-0.39, 0.29) is 36.4 Å². The Kier molecular flexibility index (Phi) is 11.6. The van der Waals surface area contributed by atoms with Gasteiger partial charge in [0, 0.05) is 26.7 Å². The van der Waals surface area contributed by atoms with Crippen LogP contribution in [-0.4, -0.2) is 70.1 Å². The summed E-state index contributed by atoms with van der Waals surface area (Å²) in [7, 11) is -0.436. The minimum atomic E-state index is -3.57. The molecule has 1 aliphatic heterocycles. The number of esters is 1. The van der Waals surface area contributed by atoms with Crippen LogP contribution < -0.4 is 5.32 Å². The minimum Gasteiger partial charge on any atom is -0.469 e. The average Bonchev–Trinajstić information content (AvgIpc) is 2.90. The van der Waals surface area contributed by atoms with Gasteiger partial charge in [-0.1, -0.05) is 55.0 Å². The van der Waals surface area contributed by atoms with Gasteiger partial charge in [0.05, 0.1) is 24.1 Å². The largest absolute Gasteiger partial charge is 0.469 e. The topological polar surface area (TPSA) is 79.0 Å². The average molecular weight is 564 g/mol. The molecule has 1 heterocycles. The highest BCUT2D eigenvalue weighted by Crippen LogP contribution is 2.29. The van der Waals surface area contributed by atoms with Gasteiger partial charge >= 0.3 is 5.97 Å². The first-order valence-electron chi connectivity index (χ1n) is 13.5. The second-order valence-corrected chi connectivity index (χ2v) is 12.5. The predicted octanol–water partition coefficient (Wildman–Crippen LogP) is 4.50. The van der Waals surface area contributed by atoms with Crippen LogP contribution in [0.15, 0.2) is 65.6 Å². The number of nitrogens with one attached hydrogen (secondary N) is 1. The summed E-state index contributed by atoms with van der Waals surface area (Å²) in [6.45, 7) is 3.03. The van der Waals surface area contributed by atoms with Crippen molar-refractivity contribution in [3.8, 4) is 0 Å². The summed E-state index contributed by atoms with van der Waals surface area (Å²) in [5.74, 6) is 0.585. The minimum absolute atomic E-state index is 0. The van der Waals surface area contributed by atoms with Crippen LogP contribution in [0, 0.1) is 11.8 Å². The Morgan fingerprint density at radius 3 is 2.34 bits per heavy atom. The Morgan fingerprint density at radius 1 is 1.08 bits per heavy atom. The molecule has 0 radical (unpaired) electrons. The fourth-order valence-corrected chi connectivity index (χ4v) is 6.70. The fraction of sp³-hybridized carbons (Fsp3) is 0.552. The second kappa shape index (κ2) is 14.4. The maximum Gasteiger partial charge on any atom is 0.308 e. The zero-order valence-corrected chi connectivity index (χ0v) is 24.1. The lowest BCUT2D eigenvalue weighted by atomic mass is 9.85. The molecule has 2 aliphatic rings. The number of benzene rings is 2. The smallest absolute Gasteiger partial charge is 0.308 e. The van der Waals surface area contributed by atoms with Gasteiger partial charge in [0.15, 0.2) is 0 Å². The van der Waals surface area contributed by atoms with Crippen LogP contribution in [0.2, 0.25) is 0 Å². The summed E-state index contributed by atoms with van der Waals surface area (Å²) < 4.78 is 33.0. The number of sulfonamides is 1. The van der Waals surface area contributed by atoms with Gasteiger partial charge in [0.2, 0.25) is 10.0 Å². The highest BCUT2D eigenvalue weighted by molar-refractivity contribution is 7.89. The monoisotopic (exact) mass is 563 g/mol. The fourth-order valence-electron chi connectivity index (χ4n) is 5.47. The van der Waals surface area contributed by atoms with E-state index >= 15 is 0 Å². The van der Waals surface area contributed by atoms with E-state index in [1.807, 2.05) is 24.3 Å². The van der Waals surface area contributed by atoms with Gasteiger partial charge < -0.3 is 10.1 Å². The van der Waals surface area contributed by atoms with Crippen molar-refractivity contribution in [2.24, 2.45) is 11.8 Å². The molecular weight excluding hydrogens is 522 g/mol. The molecule has 0 spiro atoms. The maximum absolute atomic E-state index is 13.2. The first kappa shape index (κ1) is 30.6. The molecule has 1 N–H and O–H groups in total. The Hall–Kier alpha value is -1.97. The number of carbonyl (C=O) groups is 1. The van der Waals surface area contributed by atoms with Crippen LogP contribution in [0.4, 0.5) is 0 Å². The van der Waals surface area contributed by atoms with E-state index in [9.17, 15) is 13.2 Å². The Balaban J connectivity index is 0.00000400. The first-order chi connectivity index (χ1) is 17.9. The number of piperidine rings is 1. The summed E-state index contributed by atoms with van der Waals surface area (Å²) in [5.41, 5.74) is 1.14. The molecule has 0 aromatic heterocycles. The number of likely N-dealkylation sites (N-methyl/N-ethyl adjacent to an activating group) is 1. The number of carbonyl (C=O) groups excluding carboxylic acids is 1. The van der Waals surface area contributed by atoms with Crippen LogP contribution in [0.1, 0.15) is 50.0 Å². The number of hydrogen-bond donors (Lipinski definition) is 1. The molecular formula is C29H42ClN3O4S. The predicted molar refractivity (Wildman–Crippen MR) is 153 cm³/mol. The van der Waals surface area contributed by atoms with Gasteiger partial charge in [-0.2, -0.15) is 0 Å². The van der Waals surface area contributed by atoms with Gasteiger partial charge in [-0.3, -0.25) is 9.69 Å². The lowest BCUT2D eigenvalue weighted by molar-refractivity contribution is -0.148. The molecule has 9 heteroatoms. The molecule has 1 saturated carbocycles. The molecule has 7 nitrogen and oxygen atoms in total. The van der Waals surface area contributed by atoms with Crippen molar-refractivity contribution in [3.63, 3.8) is 0 Å². The third kappa shape index (κ3) is 7.79. The number of ether oxygens (including phenoxy) is 1. The quantitative estimate of drug-likeness (QED) is 0.383. The van der Waals surface area contributed by atoms with E-state index in [0.717, 1.165) is 50.4 Å². The van der Waals surface area contributed by atoms with Crippen molar-refractivity contribution < 1.29 is 17.9 Å². The normalized spacial score (nSPS) is 21.3. The lowest BCUT2D eigenvalue weighted by Crippen LogP contribution is -2.53. The molecule has 1 saturated heterocycles. The number of rotatable bonds is 12. The molecule has 3 atom stereocenters. The van der Waals surface area contributed by atoms with Crippen molar-refractivity contribution >= 4 is 28.4 Å². The standard InChI is InChI=1S/C29H41N3O4S.ClH/c1-31(37(34,35)27-14-7-4-8-15-27)22-26(24-12-5-3-6-13-24)17-19-32-18-16-25(29(33)36-2)20-28(32)30-21-23-10-9-11-23;/h3-8,12-15,23,25-26,28,30H,9-11,16-22H2,1-2H3;1H/t25-,26?,28+;/m0./s1. The van der Waals surface area contributed by atoms with Gasteiger partial charge in [0.25, 0.3) is 0 Å². The Bertz CT molecular complexity index is 1100. The molecule has 2 aromatic rings. The van der Waals surface area contributed by atoms with E-state index in [2.05, 4.69) is 22.3 Å². The van der Waals surface area contributed by atoms with Crippen LogP contribution >= 0.6 is 12.4 Å². The molecule has 1 unspecified atom stereocenters. The Labute approximate surface area is 234 Å². The van der Waals surface area contributed by atoms with E-state index < -0.39 is 10.0 Å². The second-order valence-electron chi connectivity index (χ2n) is 10.5.